The van der Waals surface area contributed by atoms with E-state index < -0.39 is 0 Å². The maximum atomic E-state index is 11.9. The lowest BCUT2D eigenvalue weighted by Gasteiger charge is -2.15. The van der Waals surface area contributed by atoms with E-state index in [2.05, 4.69) is 5.32 Å². The molecule has 0 aliphatic carbocycles. The fourth-order valence-electron chi connectivity index (χ4n) is 2.07. The van der Waals surface area contributed by atoms with Gasteiger partial charge in [0.2, 0.25) is 0 Å². The number of phenols is 2. The van der Waals surface area contributed by atoms with E-state index in [0.717, 1.165) is 13.0 Å². The quantitative estimate of drug-likeness (QED) is 0.706. The monoisotopic (exact) mass is 251 g/mol. The zero-order chi connectivity index (χ0) is 13.1. The van der Waals surface area contributed by atoms with Crippen LogP contribution in [0.5, 0.6) is 11.5 Å². The number of hydrogen-bond acceptors (Lipinski definition) is 4. The van der Waals surface area contributed by atoms with Crippen molar-refractivity contribution < 1.29 is 19.7 Å². The lowest BCUT2D eigenvalue weighted by molar-refractivity contribution is 0.0905. The summed E-state index contributed by atoms with van der Waals surface area (Å²) in [5, 5.41) is 21.6. The molecule has 2 rings (SSSR count). The SMILES string of the molecule is CC1OCCC1CNC(=O)c1cc(O)ccc1O. The van der Waals surface area contributed by atoms with Crippen molar-refractivity contribution in [3.63, 3.8) is 0 Å². The number of carbonyl (C=O) groups excluding carboxylic acids is 1. The van der Waals surface area contributed by atoms with Crippen LogP contribution in [0.2, 0.25) is 0 Å². The third kappa shape index (κ3) is 2.73. The third-order valence-electron chi connectivity index (χ3n) is 3.28. The Balaban J connectivity index is 1.97. The van der Waals surface area contributed by atoms with Crippen molar-refractivity contribution >= 4 is 5.91 Å². The summed E-state index contributed by atoms with van der Waals surface area (Å²) < 4.78 is 5.41. The zero-order valence-electron chi connectivity index (χ0n) is 10.2. The summed E-state index contributed by atoms with van der Waals surface area (Å²) >= 11 is 0. The summed E-state index contributed by atoms with van der Waals surface area (Å²) in [5.41, 5.74) is 0.0848. The molecule has 0 saturated carbocycles. The number of rotatable bonds is 3. The topological polar surface area (TPSA) is 78.8 Å². The van der Waals surface area contributed by atoms with Crippen LogP contribution in [0.25, 0.3) is 0 Å². The standard InChI is InChI=1S/C13H17NO4/c1-8-9(4-5-18-8)7-14-13(17)11-6-10(15)2-3-12(11)16/h2-3,6,8-9,15-16H,4-5,7H2,1H3,(H,14,17). The fraction of sp³-hybridized carbons (Fsp3) is 0.462. The van der Waals surface area contributed by atoms with Crippen molar-refractivity contribution in [3.05, 3.63) is 23.8 Å². The molecule has 1 fully saturated rings. The number of benzene rings is 1. The lowest BCUT2D eigenvalue weighted by atomic mass is 10.0. The molecule has 2 atom stereocenters. The van der Waals surface area contributed by atoms with E-state index in [1.165, 1.54) is 18.2 Å². The lowest BCUT2D eigenvalue weighted by Crippen LogP contribution is -2.31. The highest BCUT2D eigenvalue weighted by Crippen LogP contribution is 2.23. The van der Waals surface area contributed by atoms with Crippen molar-refractivity contribution in [2.45, 2.75) is 19.4 Å². The number of hydrogen-bond donors (Lipinski definition) is 3. The molecule has 1 aliphatic heterocycles. The van der Waals surface area contributed by atoms with Gasteiger partial charge in [-0.3, -0.25) is 4.79 Å². The predicted molar refractivity (Wildman–Crippen MR) is 65.6 cm³/mol. The first kappa shape index (κ1) is 12.7. The molecule has 0 aromatic heterocycles. The van der Waals surface area contributed by atoms with Gasteiger partial charge in [0, 0.05) is 19.1 Å². The first-order valence-corrected chi connectivity index (χ1v) is 5.99. The second-order valence-corrected chi connectivity index (χ2v) is 4.54. The third-order valence-corrected chi connectivity index (χ3v) is 3.28. The van der Waals surface area contributed by atoms with Gasteiger partial charge >= 0.3 is 0 Å². The molecule has 1 amide bonds. The summed E-state index contributed by atoms with van der Waals surface area (Å²) in [7, 11) is 0. The summed E-state index contributed by atoms with van der Waals surface area (Å²) in [5.74, 6) is -0.271. The highest BCUT2D eigenvalue weighted by molar-refractivity contribution is 5.97. The van der Waals surface area contributed by atoms with Crippen LogP contribution in [-0.4, -0.2) is 35.4 Å². The van der Waals surface area contributed by atoms with E-state index >= 15 is 0 Å². The summed E-state index contributed by atoms with van der Waals surface area (Å²) in [6.45, 7) is 3.21. The minimum absolute atomic E-state index is 0.0458. The van der Waals surface area contributed by atoms with Crippen molar-refractivity contribution in [2.24, 2.45) is 5.92 Å². The van der Waals surface area contributed by atoms with E-state index in [-0.39, 0.29) is 29.1 Å². The molecule has 0 spiro atoms. The number of ether oxygens (including phenoxy) is 1. The molecule has 0 bridgehead atoms. The van der Waals surface area contributed by atoms with E-state index in [4.69, 9.17) is 4.74 Å². The zero-order valence-corrected chi connectivity index (χ0v) is 10.2. The molecule has 1 heterocycles. The van der Waals surface area contributed by atoms with Crippen LogP contribution in [0, 0.1) is 5.92 Å². The first-order valence-electron chi connectivity index (χ1n) is 5.99. The molecule has 1 aromatic rings. The van der Waals surface area contributed by atoms with Gasteiger partial charge in [0.05, 0.1) is 11.7 Å². The van der Waals surface area contributed by atoms with Gasteiger partial charge in [0.1, 0.15) is 11.5 Å². The van der Waals surface area contributed by atoms with Gasteiger partial charge in [0.25, 0.3) is 5.91 Å². The average Bonchev–Trinajstić information content (AvgIpc) is 2.75. The molecule has 1 aromatic carbocycles. The van der Waals surface area contributed by atoms with E-state index in [0.29, 0.717) is 12.5 Å². The summed E-state index contributed by atoms with van der Waals surface area (Å²) in [4.78, 5) is 11.9. The van der Waals surface area contributed by atoms with E-state index in [1.54, 1.807) is 0 Å². The van der Waals surface area contributed by atoms with Crippen molar-refractivity contribution in [2.75, 3.05) is 13.2 Å². The van der Waals surface area contributed by atoms with Crippen LogP contribution < -0.4 is 5.32 Å². The van der Waals surface area contributed by atoms with Crippen molar-refractivity contribution in [1.82, 2.24) is 5.32 Å². The molecule has 18 heavy (non-hydrogen) atoms. The molecule has 5 nitrogen and oxygen atoms in total. The number of nitrogens with one attached hydrogen (secondary N) is 1. The Labute approximate surface area is 105 Å². The minimum Gasteiger partial charge on any atom is -0.508 e. The Bertz CT molecular complexity index is 447. The smallest absolute Gasteiger partial charge is 0.255 e. The highest BCUT2D eigenvalue weighted by Gasteiger charge is 2.24. The Morgan fingerprint density at radius 2 is 2.28 bits per heavy atom. The van der Waals surface area contributed by atoms with Crippen LogP contribution in [0.3, 0.4) is 0 Å². The van der Waals surface area contributed by atoms with Gasteiger partial charge in [0.15, 0.2) is 0 Å². The van der Waals surface area contributed by atoms with Gasteiger partial charge in [-0.1, -0.05) is 0 Å². The normalized spacial score (nSPS) is 22.9. The second kappa shape index (κ2) is 5.27. The molecule has 98 valence electrons. The molecular weight excluding hydrogens is 234 g/mol. The first-order chi connectivity index (χ1) is 8.58. The van der Waals surface area contributed by atoms with Crippen molar-refractivity contribution in [3.8, 4) is 11.5 Å². The van der Waals surface area contributed by atoms with Gasteiger partial charge in [-0.25, -0.2) is 0 Å². The summed E-state index contributed by atoms with van der Waals surface area (Å²) in [6, 6.07) is 3.88. The van der Waals surface area contributed by atoms with Gasteiger partial charge in [-0.2, -0.15) is 0 Å². The number of aromatic hydroxyl groups is 2. The van der Waals surface area contributed by atoms with Gasteiger partial charge in [-0.15, -0.1) is 0 Å². The predicted octanol–water partition coefficient (Wildman–Crippen LogP) is 1.25. The van der Waals surface area contributed by atoms with E-state index in [9.17, 15) is 15.0 Å². The number of phenolic OH excluding ortho intramolecular Hbond substituents is 2. The fourth-order valence-corrected chi connectivity index (χ4v) is 2.07. The van der Waals surface area contributed by atoms with Crippen LogP contribution in [-0.2, 0) is 4.74 Å². The van der Waals surface area contributed by atoms with Crippen LogP contribution in [0.15, 0.2) is 18.2 Å². The molecule has 1 aliphatic rings. The van der Waals surface area contributed by atoms with Gasteiger partial charge < -0.3 is 20.3 Å². The summed E-state index contributed by atoms with van der Waals surface area (Å²) in [6.07, 6.45) is 1.07. The van der Waals surface area contributed by atoms with Gasteiger partial charge in [-0.05, 0) is 31.5 Å². The largest absolute Gasteiger partial charge is 0.508 e. The van der Waals surface area contributed by atoms with Crippen LogP contribution >= 0.6 is 0 Å². The minimum atomic E-state index is -0.387. The number of carbonyl (C=O) groups is 1. The van der Waals surface area contributed by atoms with Crippen LogP contribution in [0.1, 0.15) is 23.7 Å². The van der Waals surface area contributed by atoms with Crippen LogP contribution in [0.4, 0.5) is 0 Å². The van der Waals surface area contributed by atoms with E-state index in [1.807, 2.05) is 6.92 Å². The molecule has 2 unspecified atom stereocenters. The molecule has 5 heteroatoms. The Hall–Kier alpha value is -1.75. The average molecular weight is 251 g/mol. The van der Waals surface area contributed by atoms with Crippen molar-refractivity contribution in [1.29, 1.82) is 0 Å². The Morgan fingerprint density at radius 3 is 2.94 bits per heavy atom. The second-order valence-electron chi connectivity index (χ2n) is 4.54. The maximum Gasteiger partial charge on any atom is 0.255 e. The molecule has 3 N–H and O–H groups in total. The Morgan fingerprint density at radius 1 is 1.50 bits per heavy atom. The maximum absolute atomic E-state index is 11.9. The molecule has 1 saturated heterocycles. The molecular formula is C13H17NO4. The number of amides is 1. The highest BCUT2D eigenvalue weighted by atomic mass is 16.5. The molecule has 0 radical (unpaired) electrons. The Kier molecular flexibility index (Phi) is 3.72.